The second-order valence-corrected chi connectivity index (χ2v) is 1.69. The summed E-state index contributed by atoms with van der Waals surface area (Å²) in [6.45, 7) is 0. The molecule has 0 saturated carbocycles. The number of aliphatic carboxylic acids is 2. The Bertz CT molecular complexity index is 161. The van der Waals surface area contributed by atoms with Crippen LogP contribution in [-0.4, -0.2) is 72.4 Å². The van der Waals surface area contributed by atoms with Crippen LogP contribution in [0.15, 0.2) is 0 Å². The topological polar surface area (TPSA) is 139 Å². The van der Waals surface area contributed by atoms with Gasteiger partial charge in [-0.15, -0.1) is 0 Å². The molecule has 0 aromatic carbocycles. The minimum Gasteiger partial charge on any atom is -0.547 e. The Morgan fingerprint density at radius 1 is 1.00 bits per heavy atom. The number of carboxylic acids is 2. The molecule has 0 aromatic rings. The van der Waals surface area contributed by atoms with E-state index in [1.54, 1.807) is 0 Å². The maximum Gasteiger partial charge on any atom is 2.00 e. The van der Waals surface area contributed by atoms with E-state index in [1.807, 2.05) is 0 Å². The van der Waals surface area contributed by atoms with Crippen LogP contribution in [0.25, 0.3) is 0 Å². The normalized spacial score (nSPS) is 14.0. The average Bonchev–Trinajstić information content (AvgIpc) is 1.98. The molecule has 0 radical (unpaired) electrons. The standard InChI is InChI=1S/C4H6O8.Ca/c5-3(6)1(11-9)2(12-10)4(7)8;/h1-2,9-10H,(H,5,6)(H,7,8);/q;+2/p-2. The molecule has 0 fully saturated rings. The third kappa shape index (κ3) is 4.72. The van der Waals surface area contributed by atoms with Crippen molar-refractivity contribution in [2.24, 2.45) is 0 Å². The molecule has 0 aliphatic rings. The molecule has 0 aliphatic carbocycles. The van der Waals surface area contributed by atoms with E-state index in [9.17, 15) is 19.8 Å². The molecule has 0 spiro atoms. The van der Waals surface area contributed by atoms with Crippen LogP contribution in [-0.2, 0) is 19.4 Å². The van der Waals surface area contributed by atoms with Gasteiger partial charge in [-0.3, -0.25) is 10.5 Å². The number of hydrogen-bond donors (Lipinski definition) is 2. The van der Waals surface area contributed by atoms with Gasteiger partial charge in [-0.05, 0) is 0 Å². The van der Waals surface area contributed by atoms with Crippen molar-refractivity contribution in [1.82, 2.24) is 0 Å². The van der Waals surface area contributed by atoms with Gasteiger partial charge in [0.25, 0.3) is 0 Å². The van der Waals surface area contributed by atoms with Crippen molar-refractivity contribution in [1.29, 1.82) is 0 Å². The maximum absolute atomic E-state index is 9.96. The van der Waals surface area contributed by atoms with Gasteiger partial charge in [0, 0.05) is 0 Å². The van der Waals surface area contributed by atoms with Crippen molar-refractivity contribution < 1.29 is 40.1 Å². The summed E-state index contributed by atoms with van der Waals surface area (Å²) in [6.07, 6.45) is -4.69. The minimum absolute atomic E-state index is 0. The molecule has 0 rings (SSSR count). The van der Waals surface area contributed by atoms with Gasteiger partial charge in [0.15, 0.2) is 12.2 Å². The molecule has 70 valence electrons. The third-order valence-electron chi connectivity index (χ3n) is 0.967. The second kappa shape index (κ2) is 7.44. The number of hydrogen-bond acceptors (Lipinski definition) is 8. The zero-order chi connectivity index (χ0) is 9.72. The molecule has 0 saturated heterocycles. The molecule has 2 N–H and O–H groups in total. The molecule has 2 unspecified atom stereocenters. The average molecular weight is 220 g/mol. The van der Waals surface area contributed by atoms with Crippen molar-refractivity contribution in [2.45, 2.75) is 12.2 Å². The Kier molecular flexibility index (Phi) is 8.88. The van der Waals surface area contributed by atoms with Crippen LogP contribution in [0.5, 0.6) is 0 Å². The summed E-state index contributed by atoms with van der Waals surface area (Å²) >= 11 is 0. The van der Waals surface area contributed by atoms with Gasteiger partial charge in [0.1, 0.15) is 0 Å². The summed E-state index contributed by atoms with van der Waals surface area (Å²) in [5.74, 6) is -4.14. The van der Waals surface area contributed by atoms with Gasteiger partial charge in [0.05, 0.1) is 11.9 Å². The maximum atomic E-state index is 9.96. The minimum atomic E-state index is -2.35. The van der Waals surface area contributed by atoms with Gasteiger partial charge in [0.2, 0.25) is 0 Å². The van der Waals surface area contributed by atoms with Crippen LogP contribution < -0.4 is 10.2 Å². The van der Waals surface area contributed by atoms with E-state index < -0.39 is 24.1 Å². The first kappa shape index (κ1) is 15.5. The predicted molar refractivity (Wildman–Crippen MR) is 30.8 cm³/mol. The summed E-state index contributed by atoms with van der Waals surface area (Å²) in [4.78, 5) is 26.2. The molecule has 8 nitrogen and oxygen atoms in total. The Morgan fingerprint density at radius 3 is 1.31 bits per heavy atom. The molecule has 9 heteroatoms. The van der Waals surface area contributed by atoms with Crippen molar-refractivity contribution in [3.05, 3.63) is 0 Å². The molecule has 13 heavy (non-hydrogen) atoms. The van der Waals surface area contributed by atoms with Crippen LogP contribution in [0.4, 0.5) is 0 Å². The van der Waals surface area contributed by atoms with Crippen molar-refractivity contribution >= 4 is 49.7 Å². The number of rotatable bonds is 5. The summed E-state index contributed by atoms with van der Waals surface area (Å²) in [6, 6.07) is 0. The molecule has 0 aromatic heterocycles. The van der Waals surface area contributed by atoms with Crippen LogP contribution >= 0.6 is 0 Å². The summed E-state index contributed by atoms with van der Waals surface area (Å²) in [7, 11) is 0. The van der Waals surface area contributed by atoms with Gasteiger partial charge >= 0.3 is 37.7 Å². The molecule has 0 amide bonds. The molecular weight excluding hydrogens is 216 g/mol. The van der Waals surface area contributed by atoms with Crippen LogP contribution in [0.3, 0.4) is 0 Å². The van der Waals surface area contributed by atoms with E-state index in [1.165, 1.54) is 0 Å². The zero-order valence-electron chi connectivity index (χ0n) is 6.21. The monoisotopic (exact) mass is 220 g/mol. The van der Waals surface area contributed by atoms with E-state index in [4.69, 9.17) is 10.5 Å². The first-order valence-corrected chi connectivity index (χ1v) is 2.56. The van der Waals surface area contributed by atoms with Crippen LogP contribution in [0, 0.1) is 0 Å². The SMILES string of the molecule is O=C([O-])C(OO)C(OO)C(=O)[O-].[Ca+2]. The number of carbonyl (C=O) groups excluding carboxylic acids is 2. The molecule has 0 bridgehead atoms. The van der Waals surface area contributed by atoms with Crippen molar-refractivity contribution in [2.75, 3.05) is 0 Å². The summed E-state index contributed by atoms with van der Waals surface area (Å²) < 4.78 is 0. The fraction of sp³-hybridized carbons (Fsp3) is 0.500. The van der Waals surface area contributed by atoms with Gasteiger partial charge in [-0.2, -0.15) is 0 Å². The molecule has 0 heterocycles. The Hall–Kier alpha value is 0.0397. The largest absolute Gasteiger partial charge is 2.00 e. The van der Waals surface area contributed by atoms with Crippen molar-refractivity contribution in [3.8, 4) is 0 Å². The van der Waals surface area contributed by atoms with E-state index in [0.29, 0.717) is 0 Å². The first-order valence-electron chi connectivity index (χ1n) is 2.56. The van der Waals surface area contributed by atoms with E-state index >= 15 is 0 Å². The fourth-order valence-electron chi connectivity index (χ4n) is 0.444. The number of carbonyl (C=O) groups is 2. The third-order valence-corrected chi connectivity index (χ3v) is 0.967. The van der Waals surface area contributed by atoms with Gasteiger partial charge in [-0.25, -0.2) is 9.78 Å². The molecule has 2 atom stereocenters. The number of carboxylic acid groups (broad SMARTS) is 2. The Labute approximate surface area is 102 Å². The molecular formula is C4H4CaO8. The predicted octanol–water partition coefficient (Wildman–Crippen LogP) is -4.18. The van der Waals surface area contributed by atoms with E-state index in [2.05, 4.69) is 9.78 Å². The summed E-state index contributed by atoms with van der Waals surface area (Å²) in [5.41, 5.74) is 0. The quantitative estimate of drug-likeness (QED) is 0.270. The zero-order valence-corrected chi connectivity index (χ0v) is 8.41. The Morgan fingerprint density at radius 2 is 1.23 bits per heavy atom. The van der Waals surface area contributed by atoms with Gasteiger partial charge < -0.3 is 19.8 Å². The smallest absolute Gasteiger partial charge is 0.547 e. The van der Waals surface area contributed by atoms with Gasteiger partial charge in [-0.1, -0.05) is 0 Å². The summed E-state index contributed by atoms with van der Waals surface area (Å²) in [5, 5.41) is 35.6. The molecule has 0 aliphatic heterocycles. The first-order chi connectivity index (χ1) is 5.54. The van der Waals surface area contributed by atoms with Crippen LogP contribution in [0.1, 0.15) is 0 Å². The Balaban J connectivity index is 0. The second-order valence-electron chi connectivity index (χ2n) is 1.69. The fourth-order valence-corrected chi connectivity index (χ4v) is 0.444. The van der Waals surface area contributed by atoms with E-state index in [0.717, 1.165) is 0 Å². The van der Waals surface area contributed by atoms with E-state index in [-0.39, 0.29) is 37.7 Å². The van der Waals surface area contributed by atoms with Crippen molar-refractivity contribution in [3.63, 3.8) is 0 Å². The van der Waals surface area contributed by atoms with Crippen LogP contribution in [0.2, 0.25) is 0 Å².